The molecule has 3 aromatic rings. The summed E-state index contributed by atoms with van der Waals surface area (Å²) < 4.78 is 34.3. The van der Waals surface area contributed by atoms with Gasteiger partial charge in [-0.05, 0) is 84.8 Å². The number of nitrogens with zero attached hydrogens (tertiary/aromatic N) is 2. The van der Waals surface area contributed by atoms with Crippen molar-refractivity contribution in [3.63, 3.8) is 0 Å². The molecule has 11 heteroatoms. The number of nitrogen functional groups attached to an aromatic ring is 1. The predicted octanol–water partition coefficient (Wildman–Crippen LogP) is 5.51. The number of hydrogen-bond acceptors (Lipinski definition) is 5. The Labute approximate surface area is 248 Å². The van der Waals surface area contributed by atoms with Crippen molar-refractivity contribution in [2.45, 2.75) is 39.2 Å². The number of likely N-dealkylation sites (tertiary alicyclic amines) is 1. The quantitative estimate of drug-likeness (QED) is 0.242. The standard InChI is InChI=1S/C29H35N5O3S.2ClH/c1-3-38(35,36)34-27-9-8-26(37-18-20-10-12-33(13-11-20)19(2)30)16-25(27)17-28(34)22-6-4-21-5-7-23(29(31)32)15-24(21)14-22;;/h4-9,14-16,20,28,30H,3,10-13,17-18H2,1-2H3,(H3,31,32);2*1H. The molecule has 1 unspecified atom stereocenters. The second kappa shape index (κ2) is 12.7. The van der Waals surface area contributed by atoms with Crippen molar-refractivity contribution in [1.29, 1.82) is 10.8 Å². The van der Waals surface area contributed by atoms with Crippen molar-refractivity contribution in [3.8, 4) is 5.75 Å². The third-order valence-electron chi connectivity index (χ3n) is 7.78. The second-order valence-corrected chi connectivity index (χ2v) is 12.4. The van der Waals surface area contributed by atoms with Crippen LogP contribution in [0.3, 0.4) is 0 Å². The fourth-order valence-electron chi connectivity index (χ4n) is 5.51. The van der Waals surface area contributed by atoms with Crippen LogP contribution in [0.2, 0.25) is 0 Å². The van der Waals surface area contributed by atoms with Crippen LogP contribution in [0.4, 0.5) is 5.69 Å². The normalized spacial score (nSPS) is 17.1. The molecule has 1 saturated heterocycles. The van der Waals surface area contributed by atoms with Crippen molar-refractivity contribution < 1.29 is 13.2 Å². The minimum Gasteiger partial charge on any atom is -0.493 e. The van der Waals surface area contributed by atoms with Gasteiger partial charge in [-0.2, -0.15) is 0 Å². The Hall–Kier alpha value is -3.01. The van der Waals surface area contributed by atoms with E-state index in [1.807, 2.05) is 61.5 Å². The first-order chi connectivity index (χ1) is 18.2. The lowest BCUT2D eigenvalue weighted by Crippen LogP contribution is -2.38. The van der Waals surface area contributed by atoms with Gasteiger partial charge in [0.1, 0.15) is 11.6 Å². The molecule has 1 fully saturated rings. The second-order valence-electron chi connectivity index (χ2n) is 10.3. The number of piperidine rings is 1. The maximum absolute atomic E-state index is 13.3. The minimum absolute atomic E-state index is 0. The molecule has 0 spiro atoms. The molecule has 2 aliphatic rings. The van der Waals surface area contributed by atoms with E-state index in [0.29, 0.717) is 36.0 Å². The molecule has 0 bridgehead atoms. The number of nitrogens with two attached hydrogens (primary N) is 1. The fraction of sp³-hybridized carbons (Fsp3) is 0.379. The highest BCUT2D eigenvalue weighted by molar-refractivity contribution is 7.92. The monoisotopic (exact) mass is 605 g/mol. The largest absolute Gasteiger partial charge is 0.493 e. The van der Waals surface area contributed by atoms with Gasteiger partial charge in [-0.3, -0.25) is 15.1 Å². The number of fused-ring (bicyclic) bond motifs is 2. The zero-order valence-electron chi connectivity index (χ0n) is 22.7. The lowest BCUT2D eigenvalue weighted by Gasteiger charge is -2.32. The summed E-state index contributed by atoms with van der Waals surface area (Å²) in [6.45, 7) is 5.90. The number of ether oxygens (including phenoxy) is 1. The lowest BCUT2D eigenvalue weighted by atomic mass is 9.97. The van der Waals surface area contributed by atoms with Crippen LogP contribution >= 0.6 is 24.8 Å². The van der Waals surface area contributed by atoms with E-state index in [2.05, 4.69) is 4.90 Å². The number of nitrogens with one attached hydrogen (secondary N) is 2. The zero-order valence-corrected chi connectivity index (χ0v) is 25.2. The van der Waals surface area contributed by atoms with Gasteiger partial charge in [0.05, 0.1) is 29.9 Å². The average molecular weight is 607 g/mol. The summed E-state index contributed by atoms with van der Waals surface area (Å²) in [6.07, 6.45) is 2.55. The molecule has 8 nitrogen and oxygen atoms in total. The van der Waals surface area contributed by atoms with Crippen molar-refractivity contribution in [2.24, 2.45) is 11.7 Å². The number of benzene rings is 3. The van der Waals surface area contributed by atoms with Gasteiger partial charge in [-0.25, -0.2) is 8.42 Å². The Balaban J connectivity index is 0.00000220. The van der Waals surface area contributed by atoms with Gasteiger partial charge in [0.2, 0.25) is 10.0 Å². The third-order valence-corrected chi connectivity index (χ3v) is 9.56. The molecule has 0 radical (unpaired) electrons. The van der Waals surface area contributed by atoms with Crippen LogP contribution in [0, 0.1) is 16.7 Å². The molecule has 3 aromatic carbocycles. The Kier molecular flexibility index (Phi) is 9.98. The molecule has 0 amide bonds. The first kappa shape index (κ1) is 31.5. The Morgan fingerprint density at radius 1 is 1.00 bits per heavy atom. The smallest absolute Gasteiger partial charge is 0.235 e. The topological polar surface area (TPSA) is 124 Å². The van der Waals surface area contributed by atoms with Crippen LogP contribution < -0.4 is 14.8 Å². The summed E-state index contributed by atoms with van der Waals surface area (Å²) in [5, 5.41) is 17.5. The maximum atomic E-state index is 13.3. The van der Waals surface area contributed by atoms with E-state index in [4.69, 9.17) is 21.3 Å². The van der Waals surface area contributed by atoms with Gasteiger partial charge < -0.3 is 15.4 Å². The molecule has 0 saturated carbocycles. The van der Waals surface area contributed by atoms with Gasteiger partial charge in [0.15, 0.2) is 0 Å². The number of sulfonamides is 1. The van der Waals surface area contributed by atoms with E-state index in [-0.39, 0.29) is 42.4 Å². The van der Waals surface area contributed by atoms with Crippen molar-refractivity contribution in [1.82, 2.24) is 4.90 Å². The van der Waals surface area contributed by atoms with Crippen LogP contribution in [0.15, 0.2) is 54.6 Å². The van der Waals surface area contributed by atoms with Gasteiger partial charge in [-0.15, -0.1) is 24.8 Å². The number of hydrogen-bond donors (Lipinski definition) is 3. The number of halogens is 2. The number of amidine groups is 2. The lowest BCUT2D eigenvalue weighted by molar-refractivity contribution is 0.180. The van der Waals surface area contributed by atoms with E-state index in [1.54, 1.807) is 11.2 Å². The van der Waals surface area contributed by atoms with Crippen molar-refractivity contribution in [2.75, 3.05) is 29.8 Å². The first-order valence-electron chi connectivity index (χ1n) is 13.1. The highest BCUT2D eigenvalue weighted by Crippen LogP contribution is 2.44. The van der Waals surface area contributed by atoms with Crippen molar-refractivity contribution >= 4 is 63.0 Å². The summed E-state index contributed by atoms with van der Waals surface area (Å²) in [5.74, 6) is 1.84. The van der Waals surface area contributed by atoms with Crippen LogP contribution in [-0.4, -0.2) is 50.4 Å². The highest BCUT2D eigenvalue weighted by Gasteiger charge is 2.38. The summed E-state index contributed by atoms with van der Waals surface area (Å²) in [6, 6.07) is 17.0. The molecule has 216 valence electrons. The molecular weight excluding hydrogens is 569 g/mol. The molecule has 5 rings (SSSR count). The van der Waals surface area contributed by atoms with Crippen LogP contribution in [0.1, 0.15) is 49.4 Å². The molecule has 4 N–H and O–H groups in total. The highest BCUT2D eigenvalue weighted by atomic mass is 35.5. The van der Waals surface area contributed by atoms with Crippen LogP contribution in [0.5, 0.6) is 5.75 Å². The molecule has 0 aromatic heterocycles. The van der Waals surface area contributed by atoms with Gasteiger partial charge >= 0.3 is 0 Å². The third kappa shape index (κ3) is 6.32. The minimum atomic E-state index is -3.52. The molecule has 1 atom stereocenters. The average Bonchev–Trinajstić information content (AvgIpc) is 3.31. The van der Waals surface area contributed by atoms with Crippen molar-refractivity contribution in [3.05, 3.63) is 71.3 Å². The number of rotatable bonds is 7. The Morgan fingerprint density at radius 3 is 2.35 bits per heavy atom. The first-order valence-corrected chi connectivity index (χ1v) is 14.7. The van der Waals surface area contributed by atoms with E-state index < -0.39 is 10.0 Å². The summed E-state index contributed by atoms with van der Waals surface area (Å²) in [7, 11) is -3.52. The summed E-state index contributed by atoms with van der Waals surface area (Å²) >= 11 is 0. The van der Waals surface area contributed by atoms with Gasteiger partial charge in [-0.1, -0.05) is 24.3 Å². The van der Waals surface area contributed by atoms with Gasteiger partial charge in [0.25, 0.3) is 0 Å². The van der Waals surface area contributed by atoms with Gasteiger partial charge in [0, 0.05) is 25.1 Å². The van der Waals surface area contributed by atoms with Crippen LogP contribution in [0.25, 0.3) is 10.8 Å². The predicted molar refractivity (Wildman–Crippen MR) is 167 cm³/mol. The summed E-state index contributed by atoms with van der Waals surface area (Å²) in [5.41, 5.74) is 8.90. The molecule has 0 aliphatic carbocycles. The van der Waals surface area contributed by atoms with E-state index in [1.165, 1.54) is 0 Å². The zero-order chi connectivity index (χ0) is 27.0. The maximum Gasteiger partial charge on any atom is 0.235 e. The fourth-order valence-corrected chi connectivity index (χ4v) is 6.85. The van der Waals surface area contributed by atoms with Crippen LogP contribution in [-0.2, 0) is 16.4 Å². The van der Waals surface area contributed by atoms with E-state index in [9.17, 15) is 8.42 Å². The Bertz CT molecular complexity index is 1510. The molecular formula is C29H37Cl2N5O3S. The van der Waals surface area contributed by atoms with E-state index >= 15 is 0 Å². The SMILES string of the molecule is CCS(=O)(=O)N1c2ccc(OCC3CCN(C(C)=N)CC3)cc2CC1c1ccc2ccc(C(=N)N)cc2c1.Cl.Cl. The number of anilines is 1. The Morgan fingerprint density at radius 2 is 1.70 bits per heavy atom. The summed E-state index contributed by atoms with van der Waals surface area (Å²) in [4.78, 5) is 2.10. The molecule has 2 aliphatic heterocycles. The molecule has 2 heterocycles. The van der Waals surface area contributed by atoms with E-state index in [0.717, 1.165) is 53.6 Å². The molecule has 40 heavy (non-hydrogen) atoms.